The fourth-order valence-corrected chi connectivity index (χ4v) is 2.96. The van der Waals surface area contributed by atoms with Crippen LogP contribution in [0.4, 0.5) is 5.69 Å². The van der Waals surface area contributed by atoms with Gasteiger partial charge in [0.2, 0.25) is 0 Å². The van der Waals surface area contributed by atoms with E-state index in [1.54, 1.807) is 0 Å². The minimum atomic E-state index is -0.442. The van der Waals surface area contributed by atoms with Crippen molar-refractivity contribution in [2.24, 2.45) is 5.41 Å². The lowest BCUT2D eigenvalue weighted by Crippen LogP contribution is -2.42. The molecule has 0 spiro atoms. The number of hydrogen-bond donors (Lipinski definition) is 1. The number of nitrogens with one attached hydrogen (secondary N) is 1. The normalized spacial score (nSPS) is 20.6. The SMILES string of the molecule is CC1(C)CCC(C#N)(Nc2ccc(Cl)c(Br)c2)CC1. The lowest BCUT2D eigenvalue weighted by atomic mass is 9.70. The molecule has 1 saturated carbocycles. The molecule has 19 heavy (non-hydrogen) atoms. The van der Waals surface area contributed by atoms with E-state index in [-0.39, 0.29) is 0 Å². The average Bonchev–Trinajstić information content (AvgIpc) is 2.37. The van der Waals surface area contributed by atoms with Crippen LogP contribution in [0.25, 0.3) is 0 Å². The van der Waals surface area contributed by atoms with Crippen LogP contribution in [-0.4, -0.2) is 5.54 Å². The van der Waals surface area contributed by atoms with Crippen LogP contribution in [0.1, 0.15) is 39.5 Å². The van der Waals surface area contributed by atoms with Gasteiger partial charge in [-0.25, -0.2) is 0 Å². The Balaban J connectivity index is 2.16. The van der Waals surface area contributed by atoms with Gasteiger partial charge < -0.3 is 5.32 Å². The van der Waals surface area contributed by atoms with Crippen LogP contribution in [0, 0.1) is 16.7 Å². The third kappa shape index (κ3) is 3.43. The highest BCUT2D eigenvalue weighted by Gasteiger charge is 2.38. The number of benzene rings is 1. The van der Waals surface area contributed by atoms with E-state index in [0.717, 1.165) is 35.8 Å². The summed E-state index contributed by atoms with van der Waals surface area (Å²) in [6, 6.07) is 8.17. The first-order chi connectivity index (χ1) is 8.86. The van der Waals surface area contributed by atoms with Crippen LogP contribution in [0.15, 0.2) is 22.7 Å². The Morgan fingerprint density at radius 2 is 1.89 bits per heavy atom. The molecule has 1 aliphatic carbocycles. The molecule has 2 nitrogen and oxygen atoms in total. The maximum atomic E-state index is 9.55. The fourth-order valence-electron chi connectivity index (χ4n) is 2.47. The van der Waals surface area contributed by atoms with E-state index >= 15 is 0 Å². The van der Waals surface area contributed by atoms with Gasteiger partial charge in [-0.2, -0.15) is 5.26 Å². The van der Waals surface area contributed by atoms with Crippen molar-refractivity contribution in [3.63, 3.8) is 0 Å². The van der Waals surface area contributed by atoms with E-state index in [1.807, 2.05) is 18.2 Å². The predicted molar refractivity (Wildman–Crippen MR) is 83.4 cm³/mol. The van der Waals surface area contributed by atoms with Crippen molar-refractivity contribution in [1.82, 2.24) is 0 Å². The van der Waals surface area contributed by atoms with Crippen LogP contribution in [0.5, 0.6) is 0 Å². The van der Waals surface area contributed by atoms with Crippen molar-refractivity contribution in [2.75, 3.05) is 5.32 Å². The number of halogens is 2. The van der Waals surface area contributed by atoms with Crippen molar-refractivity contribution in [2.45, 2.75) is 45.1 Å². The van der Waals surface area contributed by atoms with Crippen LogP contribution < -0.4 is 5.32 Å². The topological polar surface area (TPSA) is 35.8 Å². The lowest BCUT2D eigenvalue weighted by Gasteiger charge is -2.40. The summed E-state index contributed by atoms with van der Waals surface area (Å²) in [5, 5.41) is 13.6. The molecule has 1 N–H and O–H groups in total. The second-order valence-corrected chi connectivity index (χ2v) is 7.37. The van der Waals surface area contributed by atoms with Gasteiger partial charge >= 0.3 is 0 Å². The van der Waals surface area contributed by atoms with E-state index < -0.39 is 5.54 Å². The molecule has 102 valence electrons. The molecule has 0 aliphatic heterocycles. The summed E-state index contributed by atoms with van der Waals surface area (Å²) in [6.45, 7) is 4.54. The molecule has 0 bridgehead atoms. The fraction of sp³-hybridized carbons (Fsp3) is 0.533. The monoisotopic (exact) mass is 340 g/mol. The summed E-state index contributed by atoms with van der Waals surface area (Å²) in [4.78, 5) is 0. The molecule has 1 aromatic carbocycles. The number of nitrogens with zero attached hydrogens (tertiary/aromatic N) is 1. The highest BCUT2D eigenvalue weighted by atomic mass is 79.9. The summed E-state index contributed by atoms with van der Waals surface area (Å²) in [7, 11) is 0. The van der Waals surface area contributed by atoms with Crippen LogP contribution in [-0.2, 0) is 0 Å². The van der Waals surface area contributed by atoms with Crippen molar-refractivity contribution in [3.8, 4) is 6.07 Å². The van der Waals surface area contributed by atoms with Crippen LogP contribution >= 0.6 is 27.5 Å². The van der Waals surface area contributed by atoms with E-state index in [4.69, 9.17) is 11.6 Å². The van der Waals surface area contributed by atoms with Gasteiger partial charge in [0, 0.05) is 10.2 Å². The third-order valence-electron chi connectivity index (χ3n) is 3.97. The second-order valence-electron chi connectivity index (χ2n) is 6.11. The van der Waals surface area contributed by atoms with E-state index in [1.165, 1.54) is 0 Å². The Kier molecular flexibility index (Phi) is 4.13. The molecule has 0 atom stereocenters. The van der Waals surface area contributed by atoms with E-state index in [2.05, 4.69) is 41.2 Å². The van der Waals surface area contributed by atoms with Gasteiger partial charge in [0.15, 0.2) is 0 Å². The highest BCUT2D eigenvalue weighted by molar-refractivity contribution is 9.10. The third-order valence-corrected chi connectivity index (χ3v) is 5.19. The Hall–Kier alpha value is -0.720. The molecular formula is C15H18BrClN2. The predicted octanol–water partition coefficient (Wildman–Crippen LogP) is 5.38. The zero-order valence-corrected chi connectivity index (χ0v) is 13.6. The summed E-state index contributed by atoms with van der Waals surface area (Å²) in [6.07, 6.45) is 3.91. The minimum absolute atomic E-state index is 0.350. The molecule has 4 heteroatoms. The lowest BCUT2D eigenvalue weighted by molar-refractivity contribution is 0.206. The van der Waals surface area contributed by atoms with E-state index in [9.17, 15) is 5.26 Å². The maximum absolute atomic E-state index is 9.55. The zero-order valence-electron chi connectivity index (χ0n) is 11.3. The summed E-state index contributed by atoms with van der Waals surface area (Å²) >= 11 is 9.40. The summed E-state index contributed by atoms with van der Waals surface area (Å²) < 4.78 is 0.850. The Morgan fingerprint density at radius 1 is 1.26 bits per heavy atom. The quantitative estimate of drug-likeness (QED) is 0.784. The van der Waals surface area contributed by atoms with Gasteiger partial charge in [-0.05, 0) is 65.2 Å². The molecule has 1 aliphatic rings. The standard InChI is InChI=1S/C15H18BrClN2/c1-14(2)5-7-15(10-18,8-6-14)19-11-3-4-13(17)12(16)9-11/h3-4,9,19H,5-8H2,1-2H3. The van der Waals surface area contributed by atoms with Gasteiger partial charge in [0.25, 0.3) is 0 Å². The van der Waals surface area contributed by atoms with Gasteiger partial charge in [-0.3, -0.25) is 0 Å². The van der Waals surface area contributed by atoms with Gasteiger partial charge in [-0.15, -0.1) is 0 Å². The van der Waals surface area contributed by atoms with Crippen molar-refractivity contribution in [3.05, 3.63) is 27.7 Å². The molecule has 2 rings (SSSR count). The molecule has 0 radical (unpaired) electrons. The molecule has 0 heterocycles. The Labute approximate surface area is 128 Å². The first kappa shape index (κ1) is 14.7. The molecule has 0 amide bonds. The first-order valence-corrected chi connectivity index (χ1v) is 7.67. The second kappa shape index (κ2) is 5.34. The van der Waals surface area contributed by atoms with Gasteiger partial charge in [0.05, 0.1) is 11.1 Å². The zero-order chi connectivity index (χ0) is 14.1. The van der Waals surface area contributed by atoms with Gasteiger partial charge in [-0.1, -0.05) is 25.4 Å². The minimum Gasteiger partial charge on any atom is -0.367 e. The highest BCUT2D eigenvalue weighted by Crippen LogP contribution is 2.41. The molecule has 0 saturated heterocycles. The number of hydrogen-bond acceptors (Lipinski definition) is 2. The molecule has 1 aromatic rings. The van der Waals surface area contributed by atoms with Crippen LogP contribution in [0.2, 0.25) is 5.02 Å². The number of rotatable bonds is 2. The average molecular weight is 342 g/mol. The first-order valence-electron chi connectivity index (χ1n) is 6.50. The molecule has 0 aromatic heterocycles. The largest absolute Gasteiger partial charge is 0.367 e. The van der Waals surface area contributed by atoms with Crippen LogP contribution in [0.3, 0.4) is 0 Å². The number of anilines is 1. The van der Waals surface area contributed by atoms with Gasteiger partial charge in [0.1, 0.15) is 5.54 Å². The van der Waals surface area contributed by atoms with E-state index in [0.29, 0.717) is 10.4 Å². The molecule has 1 fully saturated rings. The Morgan fingerprint density at radius 3 is 2.42 bits per heavy atom. The Bertz CT molecular complexity index is 509. The van der Waals surface area contributed by atoms with Crippen molar-refractivity contribution < 1.29 is 0 Å². The molecular weight excluding hydrogens is 324 g/mol. The maximum Gasteiger partial charge on any atom is 0.125 e. The van der Waals surface area contributed by atoms with Crippen molar-refractivity contribution >= 4 is 33.2 Å². The summed E-state index contributed by atoms with van der Waals surface area (Å²) in [5.74, 6) is 0. The van der Waals surface area contributed by atoms with Crippen molar-refractivity contribution in [1.29, 1.82) is 5.26 Å². The smallest absolute Gasteiger partial charge is 0.125 e. The number of nitriles is 1. The molecule has 0 unspecified atom stereocenters. The summed E-state index contributed by atoms with van der Waals surface area (Å²) in [5.41, 5.74) is 0.850.